The Bertz CT molecular complexity index is 1100. The van der Waals surface area contributed by atoms with E-state index in [4.69, 9.17) is 11.6 Å². The van der Waals surface area contributed by atoms with Crippen LogP contribution in [0.3, 0.4) is 0 Å². The quantitative estimate of drug-likeness (QED) is 0.480. The van der Waals surface area contributed by atoms with Crippen LogP contribution in [-0.2, 0) is 6.18 Å². The summed E-state index contributed by atoms with van der Waals surface area (Å²) in [6.45, 7) is 0. The van der Waals surface area contributed by atoms with Crippen molar-refractivity contribution in [3.8, 4) is 22.3 Å². The van der Waals surface area contributed by atoms with E-state index in [0.717, 1.165) is 22.8 Å². The summed E-state index contributed by atoms with van der Waals surface area (Å²) < 4.78 is 38.5. The number of alkyl halides is 3. The number of aromatic nitrogens is 4. The molecule has 26 heavy (non-hydrogen) atoms. The Morgan fingerprint density at radius 3 is 2.31 bits per heavy atom. The molecular formula is C18H10ClF3N4. The van der Waals surface area contributed by atoms with Crippen molar-refractivity contribution in [1.29, 1.82) is 0 Å². The maximum atomic E-state index is 12.8. The van der Waals surface area contributed by atoms with Crippen LogP contribution in [0.4, 0.5) is 13.2 Å². The zero-order chi connectivity index (χ0) is 18.3. The molecule has 4 aromatic heterocycles. The Balaban J connectivity index is 1.77. The Morgan fingerprint density at radius 2 is 1.58 bits per heavy atom. The minimum absolute atomic E-state index is 0.186. The molecule has 4 rings (SSSR count). The minimum atomic E-state index is -4.44. The number of H-pyrrole nitrogens is 1. The van der Waals surface area contributed by atoms with Crippen LogP contribution >= 0.6 is 11.6 Å². The number of nitrogens with zero attached hydrogens (tertiary/aromatic N) is 3. The van der Waals surface area contributed by atoms with E-state index < -0.39 is 11.9 Å². The summed E-state index contributed by atoms with van der Waals surface area (Å²) >= 11 is 5.92. The van der Waals surface area contributed by atoms with Gasteiger partial charge < -0.3 is 4.98 Å². The van der Waals surface area contributed by atoms with Crippen molar-refractivity contribution in [3.05, 3.63) is 66.0 Å². The molecule has 4 aromatic rings. The van der Waals surface area contributed by atoms with Crippen LogP contribution in [0.25, 0.3) is 33.3 Å². The highest BCUT2D eigenvalue weighted by Gasteiger charge is 2.32. The fourth-order valence-electron chi connectivity index (χ4n) is 2.66. The molecule has 0 unspecified atom stereocenters. The average Bonchev–Trinajstić information content (AvgIpc) is 3.05. The largest absolute Gasteiger partial charge is 0.431 e. The second-order valence-electron chi connectivity index (χ2n) is 5.67. The molecule has 0 fully saturated rings. The van der Waals surface area contributed by atoms with Gasteiger partial charge in [-0.3, -0.25) is 4.98 Å². The number of rotatable bonds is 2. The molecule has 8 heteroatoms. The number of pyridine rings is 3. The van der Waals surface area contributed by atoms with Crippen molar-refractivity contribution in [1.82, 2.24) is 19.9 Å². The molecule has 0 atom stereocenters. The van der Waals surface area contributed by atoms with Crippen LogP contribution in [-0.4, -0.2) is 19.9 Å². The highest BCUT2D eigenvalue weighted by molar-refractivity contribution is 6.29. The molecule has 0 bridgehead atoms. The number of hydrogen-bond acceptors (Lipinski definition) is 3. The Kier molecular flexibility index (Phi) is 3.88. The Hall–Kier alpha value is -2.93. The summed E-state index contributed by atoms with van der Waals surface area (Å²) in [6.07, 6.45) is 1.98. The summed E-state index contributed by atoms with van der Waals surface area (Å²) in [5.41, 5.74) is 2.42. The summed E-state index contributed by atoms with van der Waals surface area (Å²) in [7, 11) is 0. The molecule has 0 saturated carbocycles. The zero-order valence-corrected chi connectivity index (χ0v) is 13.8. The molecule has 4 nitrogen and oxygen atoms in total. The maximum Gasteiger partial charge on any atom is 0.431 e. The number of fused-ring (bicyclic) bond motifs is 1. The number of nitrogens with one attached hydrogen (secondary N) is 1. The highest BCUT2D eigenvalue weighted by Crippen LogP contribution is 2.32. The van der Waals surface area contributed by atoms with Gasteiger partial charge in [-0.2, -0.15) is 13.2 Å². The lowest BCUT2D eigenvalue weighted by Gasteiger charge is -2.05. The van der Waals surface area contributed by atoms with E-state index in [0.29, 0.717) is 16.1 Å². The second kappa shape index (κ2) is 6.10. The van der Waals surface area contributed by atoms with Crippen LogP contribution < -0.4 is 0 Å². The third-order valence-electron chi connectivity index (χ3n) is 3.91. The first-order chi connectivity index (χ1) is 12.4. The van der Waals surface area contributed by atoms with E-state index in [-0.39, 0.29) is 5.65 Å². The molecule has 1 N–H and O–H groups in total. The summed E-state index contributed by atoms with van der Waals surface area (Å²) in [5.74, 6) is 0. The van der Waals surface area contributed by atoms with Gasteiger partial charge in [-0.25, -0.2) is 9.97 Å². The third-order valence-corrected chi connectivity index (χ3v) is 4.11. The van der Waals surface area contributed by atoms with Crippen molar-refractivity contribution >= 4 is 22.6 Å². The van der Waals surface area contributed by atoms with Gasteiger partial charge in [-0.1, -0.05) is 11.6 Å². The number of hydrogen-bond donors (Lipinski definition) is 1. The SMILES string of the molecule is FC(F)(F)c1cc2cc(-c3cncc(-c4ccnc(Cl)c4)c3)cnc2[nH]1. The van der Waals surface area contributed by atoms with Crippen molar-refractivity contribution in [3.63, 3.8) is 0 Å². The van der Waals surface area contributed by atoms with Gasteiger partial charge in [-0.05, 0) is 35.9 Å². The Labute approximate surface area is 150 Å². The fourth-order valence-corrected chi connectivity index (χ4v) is 2.84. The van der Waals surface area contributed by atoms with Crippen LogP contribution in [0.5, 0.6) is 0 Å². The van der Waals surface area contributed by atoms with Crippen LogP contribution in [0.1, 0.15) is 5.69 Å². The van der Waals surface area contributed by atoms with Crippen molar-refractivity contribution < 1.29 is 13.2 Å². The molecule has 0 saturated heterocycles. The predicted molar refractivity (Wildman–Crippen MR) is 92.6 cm³/mol. The maximum absolute atomic E-state index is 12.8. The van der Waals surface area contributed by atoms with Crippen molar-refractivity contribution in [2.24, 2.45) is 0 Å². The lowest BCUT2D eigenvalue weighted by molar-refractivity contribution is -0.140. The number of halogens is 4. The van der Waals surface area contributed by atoms with E-state index in [1.54, 1.807) is 36.8 Å². The Morgan fingerprint density at radius 1 is 0.846 bits per heavy atom. The van der Waals surface area contributed by atoms with Crippen LogP contribution in [0, 0.1) is 0 Å². The molecule has 0 aliphatic rings. The van der Waals surface area contributed by atoms with Gasteiger partial charge in [0, 0.05) is 46.9 Å². The molecule has 0 aromatic carbocycles. The van der Waals surface area contributed by atoms with Crippen molar-refractivity contribution in [2.75, 3.05) is 0 Å². The molecule has 0 amide bonds. The first-order valence-corrected chi connectivity index (χ1v) is 7.91. The summed E-state index contributed by atoms with van der Waals surface area (Å²) in [5, 5.41) is 0.746. The fraction of sp³-hybridized carbons (Fsp3) is 0.0556. The van der Waals surface area contributed by atoms with E-state index >= 15 is 0 Å². The highest BCUT2D eigenvalue weighted by atomic mass is 35.5. The van der Waals surface area contributed by atoms with Gasteiger partial charge in [0.25, 0.3) is 0 Å². The monoisotopic (exact) mass is 374 g/mol. The molecule has 0 aliphatic heterocycles. The summed E-state index contributed by atoms with van der Waals surface area (Å²) in [4.78, 5) is 14.5. The normalized spacial score (nSPS) is 11.8. The molecular weight excluding hydrogens is 365 g/mol. The summed E-state index contributed by atoms with van der Waals surface area (Å²) in [6, 6.07) is 8.08. The minimum Gasteiger partial charge on any atom is -0.336 e. The molecule has 0 spiro atoms. The smallest absolute Gasteiger partial charge is 0.336 e. The van der Waals surface area contributed by atoms with Crippen LogP contribution in [0.15, 0.2) is 55.1 Å². The molecule has 4 heterocycles. The van der Waals surface area contributed by atoms with Gasteiger partial charge >= 0.3 is 6.18 Å². The number of aromatic amines is 1. The predicted octanol–water partition coefficient (Wildman–Crippen LogP) is 5.36. The zero-order valence-electron chi connectivity index (χ0n) is 13.0. The second-order valence-corrected chi connectivity index (χ2v) is 6.06. The lowest BCUT2D eigenvalue weighted by Crippen LogP contribution is -2.04. The first kappa shape index (κ1) is 16.5. The molecule has 0 aliphatic carbocycles. The third kappa shape index (κ3) is 3.13. The van der Waals surface area contributed by atoms with Gasteiger partial charge in [0.2, 0.25) is 0 Å². The van der Waals surface area contributed by atoms with Crippen molar-refractivity contribution in [2.45, 2.75) is 6.18 Å². The van der Waals surface area contributed by atoms with E-state index in [9.17, 15) is 13.2 Å². The van der Waals surface area contributed by atoms with Gasteiger partial charge in [0.1, 0.15) is 16.5 Å². The molecule has 130 valence electrons. The van der Waals surface area contributed by atoms with Gasteiger partial charge in [-0.15, -0.1) is 0 Å². The first-order valence-electron chi connectivity index (χ1n) is 7.53. The standard InChI is InChI=1S/C18H10ClF3N4/c19-16-6-10(1-2-24-16)12-4-13(8-23-7-12)14-3-11-5-15(18(20,21)22)26-17(11)25-9-14/h1-9H,(H,25,26). The van der Waals surface area contributed by atoms with Crippen LogP contribution in [0.2, 0.25) is 5.15 Å². The van der Waals surface area contributed by atoms with Gasteiger partial charge in [0.15, 0.2) is 0 Å². The van der Waals surface area contributed by atoms with Gasteiger partial charge in [0.05, 0.1) is 0 Å². The average molecular weight is 375 g/mol. The molecule has 0 radical (unpaired) electrons. The lowest BCUT2D eigenvalue weighted by atomic mass is 10.0. The van der Waals surface area contributed by atoms with E-state index in [2.05, 4.69) is 19.9 Å². The van der Waals surface area contributed by atoms with E-state index in [1.165, 1.54) is 6.20 Å². The topological polar surface area (TPSA) is 54.5 Å². The van der Waals surface area contributed by atoms with E-state index in [1.807, 2.05) is 6.07 Å².